The van der Waals surface area contributed by atoms with Crippen LogP contribution < -0.4 is 4.74 Å². The second kappa shape index (κ2) is 5.65. The van der Waals surface area contributed by atoms with Gasteiger partial charge in [0.1, 0.15) is 5.75 Å². The van der Waals surface area contributed by atoms with E-state index in [4.69, 9.17) is 4.74 Å². The normalized spacial score (nSPS) is 15.9. The molecule has 0 saturated carbocycles. The minimum atomic E-state index is 0.968. The van der Waals surface area contributed by atoms with Crippen LogP contribution in [-0.4, -0.2) is 36.2 Å². The summed E-state index contributed by atoms with van der Waals surface area (Å²) in [6, 6.07) is 15.0. The number of benzene rings is 2. The quantitative estimate of drug-likeness (QED) is 0.726. The largest absolute Gasteiger partial charge is 0.495 e. The van der Waals surface area contributed by atoms with Gasteiger partial charge in [0.05, 0.1) is 12.6 Å². The first-order valence-electron chi connectivity index (χ1n) is 8.15. The highest BCUT2D eigenvalue weighted by molar-refractivity contribution is 6.10. The Morgan fingerprint density at radius 2 is 1.68 bits per heavy atom. The smallest absolute Gasteiger partial charge is 0.143 e. The number of fused-ring (bicyclic) bond motifs is 3. The number of para-hydroxylation sites is 2. The van der Waals surface area contributed by atoms with E-state index in [0.29, 0.717) is 0 Å². The minimum absolute atomic E-state index is 0.968. The summed E-state index contributed by atoms with van der Waals surface area (Å²) in [5, 5.41) is 2.61. The number of likely N-dealkylation sites (tertiary alicyclic amines) is 1. The van der Waals surface area contributed by atoms with Crippen LogP contribution in [0.1, 0.15) is 12.8 Å². The molecular weight excluding hydrogens is 272 g/mol. The Bertz CT molecular complexity index is 800. The molecule has 22 heavy (non-hydrogen) atoms. The number of hydrogen-bond donors (Lipinski definition) is 0. The van der Waals surface area contributed by atoms with Gasteiger partial charge in [0.2, 0.25) is 0 Å². The molecule has 1 aromatic heterocycles. The van der Waals surface area contributed by atoms with E-state index >= 15 is 0 Å². The van der Waals surface area contributed by atoms with Gasteiger partial charge in [-0.3, -0.25) is 0 Å². The fraction of sp³-hybridized carbons (Fsp3) is 0.368. The molecule has 3 heteroatoms. The fourth-order valence-corrected chi connectivity index (χ4v) is 3.72. The third kappa shape index (κ3) is 2.17. The molecule has 2 aromatic carbocycles. The highest BCUT2D eigenvalue weighted by Crippen LogP contribution is 2.34. The predicted octanol–water partition coefficient (Wildman–Crippen LogP) is 3.90. The molecule has 3 aromatic rings. The van der Waals surface area contributed by atoms with Gasteiger partial charge in [-0.25, -0.2) is 0 Å². The third-order valence-corrected chi connectivity index (χ3v) is 4.81. The van der Waals surface area contributed by atoms with Gasteiger partial charge in [0.15, 0.2) is 0 Å². The van der Waals surface area contributed by atoms with E-state index in [2.05, 4.69) is 51.9 Å². The van der Waals surface area contributed by atoms with Crippen LogP contribution in [0.5, 0.6) is 5.75 Å². The van der Waals surface area contributed by atoms with Gasteiger partial charge in [-0.1, -0.05) is 30.3 Å². The first-order chi connectivity index (χ1) is 10.9. The molecule has 0 aliphatic carbocycles. The zero-order chi connectivity index (χ0) is 14.9. The van der Waals surface area contributed by atoms with Crippen molar-refractivity contribution in [2.45, 2.75) is 19.4 Å². The summed E-state index contributed by atoms with van der Waals surface area (Å²) in [6.07, 6.45) is 2.69. The van der Waals surface area contributed by atoms with Crippen molar-refractivity contribution in [3.8, 4) is 5.75 Å². The van der Waals surface area contributed by atoms with E-state index in [0.717, 1.165) is 18.8 Å². The van der Waals surface area contributed by atoms with Crippen LogP contribution in [0.4, 0.5) is 0 Å². The summed E-state index contributed by atoms with van der Waals surface area (Å²) in [7, 11) is 1.76. The Labute approximate surface area is 131 Å². The fourth-order valence-electron chi connectivity index (χ4n) is 3.72. The Kier molecular flexibility index (Phi) is 3.51. The molecule has 0 amide bonds. The van der Waals surface area contributed by atoms with Gasteiger partial charge in [-0.05, 0) is 38.1 Å². The van der Waals surface area contributed by atoms with E-state index in [1.54, 1.807) is 7.11 Å². The summed E-state index contributed by atoms with van der Waals surface area (Å²) in [4.78, 5) is 2.57. The first-order valence-corrected chi connectivity index (χ1v) is 8.15. The minimum Gasteiger partial charge on any atom is -0.495 e. The molecule has 0 atom stereocenters. The second-order valence-electron chi connectivity index (χ2n) is 6.07. The number of ether oxygens (including phenoxy) is 1. The molecule has 1 aliphatic rings. The average molecular weight is 294 g/mol. The average Bonchev–Trinajstić information content (AvgIpc) is 3.19. The summed E-state index contributed by atoms with van der Waals surface area (Å²) in [5.41, 5.74) is 2.53. The lowest BCUT2D eigenvalue weighted by Crippen LogP contribution is -2.24. The van der Waals surface area contributed by atoms with Gasteiger partial charge in [0, 0.05) is 29.4 Å². The van der Waals surface area contributed by atoms with Gasteiger partial charge >= 0.3 is 0 Å². The summed E-state index contributed by atoms with van der Waals surface area (Å²) in [6.45, 7) is 4.62. The number of hydrogen-bond acceptors (Lipinski definition) is 2. The second-order valence-corrected chi connectivity index (χ2v) is 6.07. The summed E-state index contributed by atoms with van der Waals surface area (Å²) >= 11 is 0. The monoisotopic (exact) mass is 294 g/mol. The molecule has 0 spiro atoms. The van der Waals surface area contributed by atoms with Gasteiger partial charge in [-0.2, -0.15) is 0 Å². The van der Waals surface area contributed by atoms with Crippen molar-refractivity contribution >= 4 is 21.8 Å². The molecule has 0 bridgehead atoms. The Hall–Kier alpha value is -2.00. The molecule has 2 heterocycles. The molecule has 114 valence electrons. The lowest BCUT2D eigenvalue weighted by Gasteiger charge is -2.17. The third-order valence-electron chi connectivity index (χ3n) is 4.81. The predicted molar refractivity (Wildman–Crippen MR) is 91.7 cm³/mol. The van der Waals surface area contributed by atoms with Crippen LogP contribution in [0.15, 0.2) is 42.5 Å². The van der Waals surface area contributed by atoms with Crippen molar-refractivity contribution in [1.29, 1.82) is 0 Å². The van der Waals surface area contributed by atoms with Crippen molar-refractivity contribution in [3.05, 3.63) is 42.5 Å². The van der Waals surface area contributed by atoms with Gasteiger partial charge in [0.25, 0.3) is 0 Å². The highest BCUT2D eigenvalue weighted by Gasteiger charge is 2.16. The SMILES string of the molecule is COc1cccc2c3ccccc3n(CCN3CCCC3)c12. The molecule has 0 N–H and O–H groups in total. The molecule has 3 nitrogen and oxygen atoms in total. The van der Waals surface area contributed by atoms with Crippen LogP contribution in [0.3, 0.4) is 0 Å². The van der Waals surface area contributed by atoms with E-state index in [1.807, 2.05) is 0 Å². The van der Waals surface area contributed by atoms with Crippen molar-refractivity contribution in [3.63, 3.8) is 0 Å². The number of aromatic nitrogens is 1. The van der Waals surface area contributed by atoms with Crippen molar-refractivity contribution in [2.24, 2.45) is 0 Å². The number of nitrogens with zero attached hydrogens (tertiary/aromatic N) is 2. The van der Waals surface area contributed by atoms with Crippen LogP contribution in [-0.2, 0) is 6.54 Å². The van der Waals surface area contributed by atoms with Gasteiger partial charge in [-0.15, -0.1) is 0 Å². The Balaban J connectivity index is 1.85. The maximum Gasteiger partial charge on any atom is 0.143 e. The maximum atomic E-state index is 5.64. The maximum absolute atomic E-state index is 5.64. The molecule has 1 aliphatic heterocycles. The van der Waals surface area contributed by atoms with Gasteiger partial charge < -0.3 is 14.2 Å². The highest BCUT2D eigenvalue weighted by atomic mass is 16.5. The molecular formula is C19H22N2O. The first kappa shape index (κ1) is 13.6. The van der Waals surface area contributed by atoms with E-state index in [9.17, 15) is 0 Å². The van der Waals surface area contributed by atoms with Crippen molar-refractivity contribution in [1.82, 2.24) is 9.47 Å². The lowest BCUT2D eigenvalue weighted by atomic mass is 10.1. The molecule has 1 fully saturated rings. The zero-order valence-electron chi connectivity index (χ0n) is 13.1. The van der Waals surface area contributed by atoms with Crippen LogP contribution in [0.25, 0.3) is 21.8 Å². The van der Waals surface area contributed by atoms with Crippen LogP contribution in [0, 0.1) is 0 Å². The molecule has 1 saturated heterocycles. The summed E-state index contributed by atoms with van der Waals surface area (Å²) in [5.74, 6) is 0.968. The topological polar surface area (TPSA) is 17.4 Å². The van der Waals surface area contributed by atoms with E-state index in [1.165, 1.54) is 47.7 Å². The summed E-state index contributed by atoms with van der Waals surface area (Å²) < 4.78 is 8.07. The van der Waals surface area contributed by atoms with E-state index in [-0.39, 0.29) is 0 Å². The Morgan fingerprint density at radius 1 is 0.909 bits per heavy atom. The number of rotatable bonds is 4. The van der Waals surface area contributed by atoms with Crippen LogP contribution in [0.2, 0.25) is 0 Å². The molecule has 0 radical (unpaired) electrons. The zero-order valence-corrected chi connectivity index (χ0v) is 13.1. The molecule has 0 unspecified atom stereocenters. The standard InChI is InChI=1S/C19H22N2O/c1-22-18-10-6-8-16-15-7-2-3-9-17(15)21(19(16)18)14-13-20-11-4-5-12-20/h2-3,6-10H,4-5,11-14H2,1H3. The Morgan fingerprint density at radius 3 is 2.50 bits per heavy atom. The molecule has 4 rings (SSSR count). The number of methoxy groups -OCH3 is 1. The van der Waals surface area contributed by atoms with E-state index < -0.39 is 0 Å². The lowest BCUT2D eigenvalue weighted by molar-refractivity contribution is 0.325. The van der Waals surface area contributed by atoms with Crippen molar-refractivity contribution in [2.75, 3.05) is 26.7 Å². The van der Waals surface area contributed by atoms with Crippen molar-refractivity contribution < 1.29 is 4.74 Å². The van der Waals surface area contributed by atoms with Crippen LogP contribution >= 0.6 is 0 Å².